The van der Waals surface area contributed by atoms with Gasteiger partial charge >= 0.3 is 0 Å². The molecule has 1 saturated heterocycles. The van der Waals surface area contributed by atoms with Gasteiger partial charge in [-0.2, -0.15) is 4.31 Å². The molecule has 134 valence electrons. The molecule has 25 heavy (non-hydrogen) atoms. The minimum Gasteiger partial charge on any atom is -0.369 e. The molecule has 0 aliphatic carbocycles. The van der Waals surface area contributed by atoms with Crippen molar-refractivity contribution in [3.05, 3.63) is 58.7 Å². The van der Waals surface area contributed by atoms with Crippen LogP contribution in [0.2, 0.25) is 0 Å². The summed E-state index contributed by atoms with van der Waals surface area (Å²) in [6.07, 6.45) is 0. The molecule has 0 saturated carbocycles. The molecule has 2 aromatic carbocycles. The fourth-order valence-corrected chi connectivity index (χ4v) is 5.09. The number of hydrogen-bond acceptors (Lipinski definition) is 3. The van der Waals surface area contributed by atoms with Crippen molar-refractivity contribution >= 4 is 15.7 Å². The first-order chi connectivity index (χ1) is 11.8. The van der Waals surface area contributed by atoms with E-state index >= 15 is 0 Å². The fraction of sp³-hybridized carbons (Fsp3) is 0.400. The van der Waals surface area contributed by atoms with Gasteiger partial charge in [0, 0.05) is 31.9 Å². The Labute approximate surface area is 151 Å². The van der Waals surface area contributed by atoms with Gasteiger partial charge in [-0.1, -0.05) is 29.8 Å². The van der Waals surface area contributed by atoms with E-state index in [1.165, 1.54) is 16.8 Å². The maximum atomic E-state index is 13.0. The third kappa shape index (κ3) is 3.58. The second-order valence-corrected chi connectivity index (χ2v) is 8.86. The van der Waals surface area contributed by atoms with Gasteiger partial charge in [0.05, 0.1) is 4.90 Å². The number of benzene rings is 2. The summed E-state index contributed by atoms with van der Waals surface area (Å²) in [5.74, 6) is 0. The van der Waals surface area contributed by atoms with E-state index < -0.39 is 10.0 Å². The zero-order chi connectivity index (χ0) is 18.2. The number of piperazine rings is 1. The predicted octanol–water partition coefficient (Wildman–Crippen LogP) is 3.43. The summed E-state index contributed by atoms with van der Waals surface area (Å²) in [6, 6.07) is 12.0. The molecule has 0 unspecified atom stereocenters. The minimum absolute atomic E-state index is 0.429. The maximum Gasteiger partial charge on any atom is 0.243 e. The largest absolute Gasteiger partial charge is 0.369 e. The van der Waals surface area contributed by atoms with Crippen LogP contribution in [0.4, 0.5) is 5.69 Å². The number of sulfonamides is 1. The van der Waals surface area contributed by atoms with Crippen molar-refractivity contribution in [3.63, 3.8) is 0 Å². The van der Waals surface area contributed by atoms with E-state index in [0.29, 0.717) is 31.1 Å². The van der Waals surface area contributed by atoms with Crippen molar-refractivity contribution < 1.29 is 8.42 Å². The highest BCUT2D eigenvalue weighted by Crippen LogP contribution is 2.26. The zero-order valence-corrected chi connectivity index (χ0v) is 16.2. The molecular weight excluding hydrogens is 332 g/mol. The second kappa shape index (κ2) is 6.81. The lowest BCUT2D eigenvalue weighted by Gasteiger charge is -2.36. The van der Waals surface area contributed by atoms with Crippen LogP contribution in [-0.2, 0) is 10.0 Å². The van der Waals surface area contributed by atoms with E-state index in [2.05, 4.69) is 36.9 Å². The summed E-state index contributed by atoms with van der Waals surface area (Å²) in [5.41, 5.74) is 5.57. The van der Waals surface area contributed by atoms with Crippen LogP contribution in [0.3, 0.4) is 0 Å². The number of anilines is 1. The van der Waals surface area contributed by atoms with Gasteiger partial charge in [0.1, 0.15) is 0 Å². The SMILES string of the molecule is Cc1ccc(S(=O)(=O)N2CCN(c3cc(C)ccc3C)CC2)c(C)c1. The normalized spacial score (nSPS) is 16.2. The predicted molar refractivity (Wildman–Crippen MR) is 103 cm³/mol. The highest BCUT2D eigenvalue weighted by molar-refractivity contribution is 7.89. The smallest absolute Gasteiger partial charge is 0.243 e. The van der Waals surface area contributed by atoms with Crippen molar-refractivity contribution in [2.24, 2.45) is 0 Å². The molecule has 5 heteroatoms. The van der Waals surface area contributed by atoms with Gasteiger partial charge in [-0.15, -0.1) is 0 Å². The molecule has 1 aliphatic rings. The van der Waals surface area contributed by atoms with Crippen molar-refractivity contribution in [3.8, 4) is 0 Å². The van der Waals surface area contributed by atoms with Gasteiger partial charge in [0.15, 0.2) is 0 Å². The average molecular weight is 359 g/mol. The molecule has 1 aliphatic heterocycles. The van der Waals surface area contributed by atoms with Crippen molar-refractivity contribution in [2.75, 3.05) is 31.1 Å². The lowest BCUT2D eigenvalue weighted by Crippen LogP contribution is -2.49. The molecule has 4 nitrogen and oxygen atoms in total. The molecule has 0 radical (unpaired) electrons. The van der Waals surface area contributed by atoms with Crippen LogP contribution in [-0.4, -0.2) is 38.9 Å². The maximum absolute atomic E-state index is 13.0. The Hall–Kier alpha value is -1.85. The van der Waals surface area contributed by atoms with Crippen molar-refractivity contribution in [2.45, 2.75) is 32.6 Å². The van der Waals surface area contributed by atoms with E-state index in [9.17, 15) is 8.42 Å². The average Bonchev–Trinajstić information content (AvgIpc) is 2.57. The molecule has 0 atom stereocenters. The third-order valence-corrected chi connectivity index (χ3v) is 6.95. The topological polar surface area (TPSA) is 40.6 Å². The van der Waals surface area contributed by atoms with Gasteiger partial charge < -0.3 is 4.90 Å². The Morgan fingerprint density at radius 2 is 1.36 bits per heavy atom. The van der Waals surface area contributed by atoms with Gasteiger partial charge in [-0.05, 0) is 56.5 Å². The number of hydrogen-bond donors (Lipinski definition) is 0. The quantitative estimate of drug-likeness (QED) is 0.844. The first kappa shape index (κ1) is 18.0. The van der Waals surface area contributed by atoms with Gasteiger partial charge in [-0.25, -0.2) is 8.42 Å². The molecule has 0 N–H and O–H groups in total. The molecule has 2 aromatic rings. The fourth-order valence-electron chi connectivity index (χ4n) is 3.46. The van der Waals surface area contributed by atoms with Gasteiger partial charge in [0.25, 0.3) is 0 Å². The molecular formula is C20H26N2O2S. The first-order valence-corrected chi connectivity index (χ1v) is 10.1. The Kier molecular flexibility index (Phi) is 4.89. The second-order valence-electron chi connectivity index (χ2n) is 6.95. The van der Waals surface area contributed by atoms with Crippen LogP contribution in [0, 0.1) is 27.7 Å². The van der Waals surface area contributed by atoms with Crippen LogP contribution in [0.1, 0.15) is 22.3 Å². The monoisotopic (exact) mass is 358 g/mol. The number of nitrogens with zero attached hydrogens (tertiary/aromatic N) is 2. The summed E-state index contributed by atoms with van der Waals surface area (Å²) in [7, 11) is -3.43. The standard InChI is InChI=1S/C20H26N2O2S/c1-15-6-8-20(18(4)13-15)25(23,24)22-11-9-21(10-12-22)19-14-16(2)5-7-17(19)3/h5-8,13-14H,9-12H2,1-4H3. The zero-order valence-electron chi connectivity index (χ0n) is 15.4. The lowest BCUT2D eigenvalue weighted by molar-refractivity contribution is 0.384. The van der Waals surface area contributed by atoms with Gasteiger partial charge in [-0.3, -0.25) is 0 Å². The highest BCUT2D eigenvalue weighted by atomic mass is 32.2. The van der Waals surface area contributed by atoms with Crippen molar-refractivity contribution in [1.82, 2.24) is 4.31 Å². The summed E-state index contributed by atoms with van der Waals surface area (Å²) < 4.78 is 27.6. The molecule has 0 amide bonds. The Morgan fingerprint density at radius 3 is 2.00 bits per heavy atom. The van der Waals surface area contributed by atoms with Crippen LogP contribution in [0.15, 0.2) is 41.3 Å². The molecule has 0 bridgehead atoms. The summed E-state index contributed by atoms with van der Waals surface area (Å²) >= 11 is 0. The molecule has 3 rings (SSSR count). The Bertz CT molecular complexity index is 883. The minimum atomic E-state index is -3.43. The first-order valence-electron chi connectivity index (χ1n) is 8.68. The van der Waals surface area contributed by atoms with Crippen LogP contribution in [0.5, 0.6) is 0 Å². The highest BCUT2D eigenvalue weighted by Gasteiger charge is 2.29. The van der Waals surface area contributed by atoms with E-state index in [0.717, 1.165) is 11.1 Å². The van der Waals surface area contributed by atoms with E-state index in [1.54, 1.807) is 10.4 Å². The molecule has 0 aromatic heterocycles. The Balaban J connectivity index is 1.78. The van der Waals surface area contributed by atoms with E-state index in [1.807, 2.05) is 26.0 Å². The number of aryl methyl sites for hydroxylation is 4. The van der Waals surface area contributed by atoms with Crippen LogP contribution in [0.25, 0.3) is 0 Å². The molecule has 1 heterocycles. The molecule has 0 spiro atoms. The third-order valence-electron chi connectivity index (χ3n) is 4.89. The summed E-state index contributed by atoms with van der Waals surface area (Å²) in [6.45, 7) is 10.5. The summed E-state index contributed by atoms with van der Waals surface area (Å²) in [4.78, 5) is 2.72. The van der Waals surface area contributed by atoms with Crippen molar-refractivity contribution in [1.29, 1.82) is 0 Å². The number of rotatable bonds is 3. The lowest BCUT2D eigenvalue weighted by atomic mass is 10.1. The molecule has 1 fully saturated rings. The van der Waals surface area contributed by atoms with Crippen LogP contribution < -0.4 is 4.90 Å². The van der Waals surface area contributed by atoms with Gasteiger partial charge in [0.2, 0.25) is 10.0 Å². The van der Waals surface area contributed by atoms with E-state index in [4.69, 9.17) is 0 Å². The summed E-state index contributed by atoms with van der Waals surface area (Å²) in [5, 5.41) is 0. The Morgan fingerprint density at radius 1 is 0.760 bits per heavy atom. The van der Waals surface area contributed by atoms with E-state index in [-0.39, 0.29) is 0 Å². The van der Waals surface area contributed by atoms with Crippen LogP contribution >= 0.6 is 0 Å².